The van der Waals surface area contributed by atoms with Crippen LogP contribution < -0.4 is 10.1 Å². The molecule has 0 amide bonds. The molecule has 2 atom stereocenters. The molecule has 100 valence electrons. The molecule has 0 aromatic carbocycles. The van der Waals surface area contributed by atoms with Crippen LogP contribution in [0.4, 0.5) is 10.3 Å². The van der Waals surface area contributed by atoms with Crippen molar-refractivity contribution in [3.8, 4) is 5.88 Å². The van der Waals surface area contributed by atoms with E-state index in [0.29, 0.717) is 17.8 Å². The third kappa shape index (κ3) is 3.09. The van der Waals surface area contributed by atoms with Crippen molar-refractivity contribution in [2.24, 2.45) is 11.8 Å². The van der Waals surface area contributed by atoms with Crippen molar-refractivity contribution in [3.63, 3.8) is 0 Å². The molecule has 0 aliphatic heterocycles. The number of nitrogens with one attached hydrogen (secondary N) is 1. The molecule has 2 unspecified atom stereocenters. The van der Waals surface area contributed by atoms with Gasteiger partial charge in [-0.05, 0) is 31.1 Å². The van der Waals surface area contributed by atoms with E-state index in [1.54, 1.807) is 7.05 Å². The number of anilines is 1. The Kier molecular flexibility index (Phi) is 3.99. The van der Waals surface area contributed by atoms with E-state index >= 15 is 0 Å². The second kappa shape index (κ2) is 5.50. The van der Waals surface area contributed by atoms with Crippen LogP contribution in [-0.2, 0) is 0 Å². The highest BCUT2D eigenvalue weighted by Gasteiger charge is 2.26. The van der Waals surface area contributed by atoms with Crippen molar-refractivity contribution in [3.05, 3.63) is 12.0 Å². The maximum Gasteiger partial charge on any atom is 0.255 e. The Bertz CT molecular complexity index is 403. The largest absolute Gasteiger partial charge is 0.472 e. The van der Waals surface area contributed by atoms with E-state index in [9.17, 15) is 4.39 Å². The number of ether oxygens (including phenoxy) is 1. The zero-order chi connectivity index (χ0) is 13.1. The van der Waals surface area contributed by atoms with E-state index in [0.717, 1.165) is 19.0 Å². The maximum atomic E-state index is 13.6. The molecule has 5 heteroatoms. The van der Waals surface area contributed by atoms with E-state index in [-0.39, 0.29) is 12.0 Å². The summed E-state index contributed by atoms with van der Waals surface area (Å²) in [6, 6.07) is 0. The molecule has 1 aromatic rings. The van der Waals surface area contributed by atoms with Crippen LogP contribution in [0.5, 0.6) is 5.88 Å². The highest BCUT2D eigenvalue weighted by atomic mass is 19.1. The lowest BCUT2D eigenvalue weighted by atomic mass is 9.82. The van der Waals surface area contributed by atoms with E-state index in [1.807, 2.05) is 0 Å². The van der Waals surface area contributed by atoms with Gasteiger partial charge in [-0.15, -0.1) is 0 Å². The Morgan fingerprint density at radius 2 is 1.94 bits per heavy atom. The van der Waals surface area contributed by atoms with Crippen molar-refractivity contribution in [1.82, 2.24) is 9.97 Å². The third-order valence-corrected chi connectivity index (χ3v) is 3.35. The molecule has 2 rings (SSSR count). The molecule has 1 aromatic heterocycles. The molecule has 1 aliphatic rings. The van der Waals surface area contributed by atoms with Crippen LogP contribution >= 0.6 is 0 Å². The minimum atomic E-state index is -0.500. The van der Waals surface area contributed by atoms with E-state index in [4.69, 9.17) is 4.74 Å². The average molecular weight is 253 g/mol. The summed E-state index contributed by atoms with van der Waals surface area (Å²) in [4.78, 5) is 7.82. The number of nitrogens with zero attached hydrogens (tertiary/aromatic N) is 2. The van der Waals surface area contributed by atoms with Crippen molar-refractivity contribution in [1.29, 1.82) is 0 Å². The molecule has 1 N–H and O–H groups in total. The summed E-state index contributed by atoms with van der Waals surface area (Å²) in [7, 11) is 1.70. The van der Waals surface area contributed by atoms with Gasteiger partial charge in [-0.3, -0.25) is 0 Å². The van der Waals surface area contributed by atoms with E-state index < -0.39 is 5.82 Å². The van der Waals surface area contributed by atoms with E-state index in [1.165, 1.54) is 6.42 Å². The second-order valence-electron chi connectivity index (χ2n) is 5.25. The second-order valence-corrected chi connectivity index (χ2v) is 5.25. The number of halogens is 1. The van der Waals surface area contributed by atoms with Crippen molar-refractivity contribution in [2.75, 3.05) is 12.4 Å². The lowest BCUT2D eigenvalue weighted by Crippen LogP contribution is -2.29. The Morgan fingerprint density at radius 1 is 1.28 bits per heavy atom. The Hall–Kier alpha value is -1.39. The predicted molar refractivity (Wildman–Crippen MR) is 68.1 cm³/mol. The molecule has 18 heavy (non-hydrogen) atoms. The molecular formula is C13H20FN3O. The Morgan fingerprint density at radius 3 is 2.56 bits per heavy atom. The summed E-state index contributed by atoms with van der Waals surface area (Å²) in [5.74, 6) is 1.17. The topological polar surface area (TPSA) is 47.0 Å². The van der Waals surface area contributed by atoms with Crippen molar-refractivity contribution in [2.45, 2.75) is 39.2 Å². The van der Waals surface area contributed by atoms with Crippen LogP contribution in [0.3, 0.4) is 0 Å². The van der Waals surface area contributed by atoms with Crippen LogP contribution in [0.25, 0.3) is 0 Å². The summed E-state index contributed by atoms with van der Waals surface area (Å²) in [6.07, 6.45) is 4.33. The number of hydrogen-bond acceptors (Lipinski definition) is 4. The zero-order valence-corrected chi connectivity index (χ0v) is 11.1. The normalized spacial score (nSPS) is 27.9. The van der Waals surface area contributed by atoms with Gasteiger partial charge in [-0.25, -0.2) is 4.98 Å². The fourth-order valence-electron chi connectivity index (χ4n) is 2.68. The smallest absolute Gasteiger partial charge is 0.255 e. The average Bonchev–Trinajstić information content (AvgIpc) is 2.30. The number of rotatable bonds is 3. The van der Waals surface area contributed by atoms with Crippen LogP contribution in [0.2, 0.25) is 0 Å². The first-order valence-electron chi connectivity index (χ1n) is 6.45. The minimum absolute atomic E-state index is 0.0536. The molecular weight excluding hydrogens is 233 g/mol. The monoisotopic (exact) mass is 253 g/mol. The van der Waals surface area contributed by atoms with Crippen molar-refractivity contribution >= 4 is 5.95 Å². The minimum Gasteiger partial charge on any atom is -0.472 e. The molecule has 0 bridgehead atoms. The van der Waals surface area contributed by atoms with Crippen LogP contribution in [0.15, 0.2) is 6.20 Å². The fourth-order valence-corrected chi connectivity index (χ4v) is 2.68. The zero-order valence-electron chi connectivity index (χ0n) is 11.1. The molecule has 1 fully saturated rings. The molecule has 0 saturated heterocycles. The van der Waals surface area contributed by atoms with Crippen molar-refractivity contribution < 1.29 is 9.13 Å². The van der Waals surface area contributed by atoms with Gasteiger partial charge in [0, 0.05) is 7.05 Å². The van der Waals surface area contributed by atoms with Gasteiger partial charge in [-0.2, -0.15) is 9.37 Å². The number of hydrogen-bond donors (Lipinski definition) is 1. The molecule has 0 radical (unpaired) electrons. The van der Waals surface area contributed by atoms with Gasteiger partial charge in [0.2, 0.25) is 11.8 Å². The molecule has 1 aliphatic carbocycles. The highest BCUT2D eigenvalue weighted by Crippen LogP contribution is 2.31. The van der Waals surface area contributed by atoms with Gasteiger partial charge in [0.15, 0.2) is 0 Å². The van der Waals surface area contributed by atoms with Gasteiger partial charge in [0.25, 0.3) is 5.88 Å². The van der Waals surface area contributed by atoms with Crippen LogP contribution in [0, 0.1) is 17.7 Å². The van der Waals surface area contributed by atoms with Crippen LogP contribution in [0.1, 0.15) is 33.1 Å². The van der Waals surface area contributed by atoms with Gasteiger partial charge in [-0.1, -0.05) is 13.8 Å². The first kappa shape index (κ1) is 13.1. The predicted octanol–water partition coefficient (Wildman–Crippen LogP) is 2.86. The first-order chi connectivity index (χ1) is 8.58. The quantitative estimate of drug-likeness (QED) is 0.899. The molecule has 0 spiro atoms. The molecule has 1 saturated carbocycles. The van der Waals surface area contributed by atoms with Gasteiger partial charge < -0.3 is 10.1 Å². The summed E-state index contributed by atoms with van der Waals surface area (Å²) in [5, 5.41) is 2.78. The first-order valence-corrected chi connectivity index (χ1v) is 6.45. The fraction of sp³-hybridized carbons (Fsp3) is 0.692. The summed E-state index contributed by atoms with van der Waals surface area (Å²) in [6.45, 7) is 4.42. The van der Waals surface area contributed by atoms with Gasteiger partial charge >= 0.3 is 0 Å². The van der Waals surface area contributed by atoms with Gasteiger partial charge in [0.05, 0.1) is 6.20 Å². The lowest BCUT2D eigenvalue weighted by Gasteiger charge is -2.31. The summed E-state index contributed by atoms with van der Waals surface area (Å²) < 4.78 is 19.3. The van der Waals surface area contributed by atoms with Crippen LogP contribution in [-0.4, -0.2) is 23.1 Å². The summed E-state index contributed by atoms with van der Waals surface area (Å²) in [5.41, 5.74) is 0. The van der Waals surface area contributed by atoms with E-state index in [2.05, 4.69) is 29.1 Å². The highest BCUT2D eigenvalue weighted by molar-refractivity contribution is 5.27. The standard InChI is InChI=1S/C13H20FN3O/c1-8-4-9(2)6-10(5-8)18-12-11(14)7-16-13(15-3)17-12/h7-10H,4-6H2,1-3H3,(H,15,16,17). The maximum absolute atomic E-state index is 13.6. The Labute approximate surface area is 107 Å². The Balaban J connectivity index is 2.08. The van der Waals surface area contributed by atoms with Gasteiger partial charge in [0.1, 0.15) is 6.10 Å². The lowest BCUT2D eigenvalue weighted by molar-refractivity contribution is 0.0923. The molecule has 1 heterocycles. The SMILES string of the molecule is CNc1ncc(F)c(OC2CC(C)CC(C)C2)n1. The number of aromatic nitrogens is 2. The summed E-state index contributed by atoms with van der Waals surface area (Å²) >= 11 is 0. The molecule has 4 nitrogen and oxygen atoms in total. The third-order valence-electron chi connectivity index (χ3n) is 3.35.